The summed E-state index contributed by atoms with van der Waals surface area (Å²) in [6.45, 7) is 1.42. The van der Waals surface area contributed by atoms with E-state index in [-0.39, 0.29) is 0 Å². The number of hydrogen-bond donors (Lipinski definition) is 1. The normalized spacial score (nSPS) is 14.2. The summed E-state index contributed by atoms with van der Waals surface area (Å²) in [6.07, 6.45) is 2.60. The van der Waals surface area contributed by atoms with Crippen LogP contribution in [-0.4, -0.2) is 6.04 Å². The van der Waals surface area contributed by atoms with Gasteiger partial charge in [-0.25, -0.2) is 0 Å². The topological polar surface area (TPSA) is 21.3 Å². The summed E-state index contributed by atoms with van der Waals surface area (Å²) < 4.78 is 5.76. The van der Waals surface area contributed by atoms with E-state index in [0.29, 0.717) is 17.7 Å². The molecule has 0 radical (unpaired) electrons. The Kier molecular flexibility index (Phi) is 4.24. The SMILES string of the molecule is Clc1cc(CNC2CC2)ccc1OCc1ccccc1. The highest BCUT2D eigenvalue weighted by atomic mass is 35.5. The molecule has 1 aliphatic carbocycles. The van der Waals surface area contributed by atoms with E-state index in [2.05, 4.69) is 11.4 Å². The van der Waals surface area contributed by atoms with Crippen LogP contribution in [0, 0.1) is 0 Å². The predicted octanol–water partition coefficient (Wildman–Crippen LogP) is 4.17. The maximum Gasteiger partial charge on any atom is 0.138 e. The zero-order valence-corrected chi connectivity index (χ0v) is 12.1. The van der Waals surface area contributed by atoms with E-state index >= 15 is 0 Å². The molecule has 2 nitrogen and oxygen atoms in total. The highest BCUT2D eigenvalue weighted by Gasteiger charge is 2.20. The van der Waals surface area contributed by atoms with Crippen LogP contribution in [0.3, 0.4) is 0 Å². The van der Waals surface area contributed by atoms with Gasteiger partial charge in [-0.1, -0.05) is 48.0 Å². The van der Waals surface area contributed by atoms with E-state index in [1.807, 2.05) is 42.5 Å². The molecule has 1 N–H and O–H groups in total. The molecule has 0 spiro atoms. The molecule has 3 rings (SSSR count). The third-order valence-corrected chi connectivity index (χ3v) is 3.70. The van der Waals surface area contributed by atoms with E-state index in [4.69, 9.17) is 16.3 Å². The van der Waals surface area contributed by atoms with E-state index in [9.17, 15) is 0 Å². The molecule has 104 valence electrons. The zero-order valence-electron chi connectivity index (χ0n) is 11.3. The predicted molar refractivity (Wildman–Crippen MR) is 82.1 cm³/mol. The minimum atomic E-state index is 0.542. The fourth-order valence-electron chi connectivity index (χ4n) is 2.06. The maximum atomic E-state index is 6.27. The first-order valence-electron chi connectivity index (χ1n) is 7.00. The third-order valence-electron chi connectivity index (χ3n) is 3.41. The fraction of sp³-hybridized carbons (Fsp3) is 0.294. The van der Waals surface area contributed by atoms with Crippen LogP contribution in [0.15, 0.2) is 48.5 Å². The van der Waals surface area contributed by atoms with Crippen molar-refractivity contribution in [2.75, 3.05) is 0 Å². The number of rotatable bonds is 6. The minimum Gasteiger partial charge on any atom is -0.487 e. The van der Waals surface area contributed by atoms with Crippen LogP contribution in [0.25, 0.3) is 0 Å². The van der Waals surface area contributed by atoms with Crippen LogP contribution >= 0.6 is 11.6 Å². The van der Waals surface area contributed by atoms with E-state index < -0.39 is 0 Å². The molecule has 1 saturated carbocycles. The summed E-state index contributed by atoms with van der Waals surface area (Å²) in [5.74, 6) is 0.741. The van der Waals surface area contributed by atoms with Crippen molar-refractivity contribution >= 4 is 11.6 Å². The van der Waals surface area contributed by atoms with Gasteiger partial charge in [-0.2, -0.15) is 0 Å². The van der Waals surface area contributed by atoms with Gasteiger partial charge in [0.2, 0.25) is 0 Å². The van der Waals surface area contributed by atoms with Gasteiger partial charge in [-0.3, -0.25) is 0 Å². The summed E-state index contributed by atoms with van der Waals surface area (Å²) >= 11 is 6.27. The molecule has 2 aromatic rings. The Balaban J connectivity index is 1.58. The molecular formula is C17H18ClNO. The van der Waals surface area contributed by atoms with Gasteiger partial charge in [0.25, 0.3) is 0 Å². The molecule has 1 aliphatic rings. The van der Waals surface area contributed by atoms with E-state index in [0.717, 1.165) is 17.9 Å². The Morgan fingerprint density at radius 3 is 2.55 bits per heavy atom. The molecule has 0 unspecified atom stereocenters. The smallest absolute Gasteiger partial charge is 0.138 e. The molecule has 0 saturated heterocycles. The van der Waals surface area contributed by atoms with Gasteiger partial charge in [0.05, 0.1) is 5.02 Å². The van der Waals surface area contributed by atoms with Gasteiger partial charge in [0.1, 0.15) is 12.4 Å². The summed E-state index contributed by atoms with van der Waals surface area (Å²) in [4.78, 5) is 0. The lowest BCUT2D eigenvalue weighted by Crippen LogP contribution is -2.15. The number of hydrogen-bond acceptors (Lipinski definition) is 2. The Morgan fingerprint density at radius 1 is 1.05 bits per heavy atom. The van der Waals surface area contributed by atoms with Crippen molar-refractivity contribution in [1.82, 2.24) is 5.32 Å². The summed E-state index contributed by atoms with van der Waals surface area (Å²) in [5, 5.41) is 4.15. The molecule has 0 aliphatic heterocycles. The average molecular weight is 288 g/mol. The molecule has 0 amide bonds. The van der Waals surface area contributed by atoms with Crippen LogP contribution in [0.2, 0.25) is 5.02 Å². The van der Waals surface area contributed by atoms with Crippen LogP contribution in [-0.2, 0) is 13.2 Å². The highest BCUT2D eigenvalue weighted by molar-refractivity contribution is 6.32. The number of benzene rings is 2. The largest absolute Gasteiger partial charge is 0.487 e. The van der Waals surface area contributed by atoms with E-state index in [1.165, 1.54) is 18.4 Å². The molecule has 0 heterocycles. The molecular weight excluding hydrogens is 270 g/mol. The zero-order chi connectivity index (χ0) is 13.8. The van der Waals surface area contributed by atoms with Crippen molar-refractivity contribution < 1.29 is 4.74 Å². The van der Waals surface area contributed by atoms with Crippen LogP contribution in [0.5, 0.6) is 5.75 Å². The summed E-state index contributed by atoms with van der Waals surface area (Å²) in [6, 6.07) is 16.8. The second kappa shape index (κ2) is 6.29. The van der Waals surface area contributed by atoms with Crippen molar-refractivity contribution in [1.29, 1.82) is 0 Å². The van der Waals surface area contributed by atoms with Crippen LogP contribution in [0.1, 0.15) is 24.0 Å². The fourth-order valence-corrected chi connectivity index (χ4v) is 2.31. The van der Waals surface area contributed by atoms with Gasteiger partial charge < -0.3 is 10.1 Å². The maximum absolute atomic E-state index is 6.27. The molecule has 3 heteroatoms. The Morgan fingerprint density at radius 2 is 1.85 bits per heavy atom. The van der Waals surface area contributed by atoms with Crippen molar-refractivity contribution in [3.05, 3.63) is 64.7 Å². The van der Waals surface area contributed by atoms with Crippen molar-refractivity contribution in [3.8, 4) is 5.75 Å². The van der Waals surface area contributed by atoms with Crippen molar-refractivity contribution in [3.63, 3.8) is 0 Å². The second-order valence-electron chi connectivity index (χ2n) is 5.19. The molecule has 2 aromatic carbocycles. The Labute approximate surface area is 124 Å². The number of ether oxygens (including phenoxy) is 1. The summed E-state index contributed by atoms with van der Waals surface area (Å²) in [5.41, 5.74) is 2.34. The monoisotopic (exact) mass is 287 g/mol. The lowest BCUT2D eigenvalue weighted by atomic mass is 10.2. The van der Waals surface area contributed by atoms with Gasteiger partial charge >= 0.3 is 0 Å². The number of halogens is 1. The lowest BCUT2D eigenvalue weighted by molar-refractivity contribution is 0.306. The highest BCUT2D eigenvalue weighted by Crippen LogP contribution is 2.27. The lowest BCUT2D eigenvalue weighted by Gasteiger charge is -2.10. The first kappa shape index (κ1) is 13.5. The van der Waals surface area contributed by atoms with Gasteiger partial charge in [0.15, 0.2) is 0 Å². The van der Waals surface area contributed by atoms with Gasteiger partial charge in [0, 0.05) is 12.6 Å². The Bertz CT molecular complexity index is 566. The van der Waals surface area contributed by atoms with Gasteiger partial charge in [-0.15, -0.1) is 0 Å². The second-order valence-corrected chi connectivity index (χ2v) is 5.60. The minimum absolute atomic E-state index is 0.542. The molecule has 0 aromatic heterocycles. The molecule has 0 atom stereocenters. The number of nitrogens with one attached hydrogen (secondary N) is 1. The Hall–Kier alpha value is -1.51. The average Bonchev–Trinajstić information content (AvgIpc) is 3.29. The molecule has 1 fully saturated rings. The third kappa shape index (κ3) is 3.75. The van der Waals surface area contributed by atoms with Crippen molar-refractivity contribution in [2.24, 2.45) is 0 Å². The van der Waals surface area contributed by atoms with Crippen LogP contribution in [0.4, 0.5) is 0 Å². The quantitative estimate of drug-likeness (QED) is 0.861. The van der Waals surface area contributed by atoms with Gasteiger partial charge in [-0.05, 0) is 36.1 Å². The molecule has 20 heavy (non-hydrogen) atoms. The summed E-state index contributed by atoms with van der Waals surface area (Å²) in [7, 11) is 0. The van der Waals surface area contributed by atoms with Crippen LogP contribution < -0.4 is 10.1 Å². The molecule has 0 bridgehead atoms. The van der Waals surface area contributed by atoms with E-state index in [1.54, 1.807) is 0 Å². The van der Waals surface area contributed by atoms with Crippen molar-refractivity contribution in [2.45, 2.75) is 32.0 Å². The standard InChI is InChI=1S/C17H18ClNO/c18-16-10-14(11-19-15-7-8-15)6-9-17(16)20-12-13-4-2-1-3-5-13/h1-6,9-10,15,19H,7-8,11-12H2. The first-order chi connectivity index (χ1) is 9.81. The first-order valence-corrected chi connectivity index (χ1v) is 7.37.